The first-order valence-electron chi connectivity index (χ1n) is 11.8. The standard InChI is InChI=1S/C23H41N3O6S/c1-2-3-4-5-6-7-8-9-10-11-12-15-33-17-19(22(30)25-16-21(28)29)26-20(27)14-13-18(24)23(31)32/h11-12,18-19H,2-10,13-17,24H2,1H3,(H,25,30)(H,26,27)(H,28,29)(H,31,32)/b12-11+/t18?,19-/m0/s1. The van der Waals surface area contributed by atoms with E-state index in [0.29, 0.717) is 5.75 Å². The van der Waals surface area contributed by atoms with Crippen molar-refractivity contribution in [2.45, 2.75) is 89.6 Å². The summed E-state index contributed by atoms with van der Waals surface area (Å²) in [5.74, 6) is -2.55. The van der Waals surface area contributed by atoms with Crippen molar-refractivity contribution in [1.29, 1.82) is 0 Å². The van der Waals surface area contributed by atoms with E-state index in [1.165, 1.54) is 56.7 Å². The van der Waals surface area contributed by atoms with E-state index in [9.17, 15) is 19.2 Å². The molecule has 33 heavy (non-hydrogen) atoms. The van der Waals surface area contributed by atoms with Crippen LogP contribution in [0.15, 0.2) is 12.2 Å². The van der Waals surface area contributed by atoms with Gasteiger partial charge in [-0.15, -0.1) is 0 Å². The molecule has 9 nitrogen and oxygen atoms in total. The van der Waals surface area contributed by atoms with Crippen molar-refractivity contribution >= 4 is 35.5 Å². The lowest BCUT2D eigenvalue weighted by atomic mass is 10.1. The van der Waals surface area contributed by atoms with E-state index in [1.54, 1.807) is 0 Å². The van der Waals surface area contributed by atoms with Crippen molar-refractivity contribution in [3.8, 4) is 0 Å². The van der Waals surface area contributed by atoms with Crippen molar-refractivity contribution in [2.75, 3.05) is 18.1 Å². The molecule has 10 heteroatoms. The Labute approximate surface area is 201 Å². The third kappa shape index (κ3) is 19.1. The van der Waals surface area contributed by atoms with Gasteiger partial charge in [0.2, 0.25) is 11.8 Å². The average Bonchev–Trinajstić information content (AvgIpc) is 2.77. The molecule has 0 aliphatic carbocycles. The van der Waals surface area contributed by atoms with Gasteiger partial charge in [0.25, 0.3) is 0 Å². The normalized spacial score (nSPS) is 12.9. The number of nitrogens with one attached hydrogen (secondary N) is 2. The molecule has 0 saturated heterocycles. The number of allylic oxidation sites excluding steroid dienone is 1. The number of amides is 2. The Morgan fingerprint density at radius 3 is 2.21 bits per heavy atom. The van der Waals surface area contributed by atoms with Gasteiger partial charge in [0.1, 0.15) is 18.6 Å². The van der Waals surface area contributed by atoms with Gasteiger partial charge < -0.3 is 26.6 Å². The fraction of sp³-hybridized carbons (Fsp3) is 0.739. The molecule has 2 atom stereocenters. The number of carboxylic acid groups (broad SMARTS) is 2. The van der Waals surface area contributed by atoms with Crippen molar-refractivity contribution < 1.29 is 29.4 Å². The Morgan fingerprint density at radius 2 is 1.61 bits per heavy atom. The van der Waals surface area contributed by atoms with Gasteiger partial charge in [0.15, 0.2) is 0 Å². The van der Waals surface area contributed by atoms with Crippen LogP contribution in [-0.4, -0.2) is 64.1 Å². The van der Waals surface area contributed by atoms with Gasteiger partial charge in [0, 0.05) is 17.9 Å². The van der Waals surface area contributed by atoms with Crippen LogP contribution in [0.25, 0.3) is 0 Å². The zero-order valence-corrected chi connectivity index (χ0v) is 20.5. The molecule has 0 fully saturated rings. The molecule has 1 unspecified atom stereocenters. The Hall–Kier alpha value is -2.07. The number of rotatable bonds is 21. The summed E-state index contributed by atoms with van der Waals surface area (Å²) >= 11 is 1.45. The van der Waals surface area contributed by atoms with Crippen molar-refractivity contribution in [3.05, 3.63) is 12.2 Å². The quantitative estimate of drug-likeness (QED) is 0.122. The minimum absolute atomic E-state index is 0.0563. The van der Waals surface area contributed by atoms with Crippen LogP contribution in [0.1, 0.15) is 77.6 Å². The molecule has 0 spiro atoms. The number of hydrogen-bond acceptors (Lipinski definition) is 6. The molecular formula is C23H41N3O6S. The summed E-state index contributed by atoms with van der Waals surface area (Å²) in [7, 11) is 0. The summed E-state index contributed by atoms with van der Waals surface area (Å²) in [4.78, 5) is 45.8. The number of carboxylic acids is 2. The number of hydrogen-bond donors (Lipinski definition) is 5. The summed E-state index contributed by atoms with van der Waals surface area (Å²) in [5, 5.41) is 22.3. The van der Waals surface area contributed by atoms with Gasteiger partial charge in [0.05, 0.1) is 0 Å². The lowest BCUT2D eigenvalue weighted by molar-refractivity contribution is -0.139. The van der Waals surface area contributed by atoms with Crippen molar-refractivity contribution in [1.82, 2.24) is 10.6 Å². The Bertz CT molecular complexity index is 615. The Balaban J connectivity index is 4.24. The zero-order valence-electron chi connectivity index (χ0n) is 19.7. The van der Waals surface area contributed by atoms with Gasteiger partial charge in [-0.3, -0.25) is 19.2 Å². The van der Waals surface area contributed by atoms with E-state index in [1.807, 2.05) is 6.08 Å². The fourth-order valence-electron chi connectivity index (χ4n) is 2.98. The van der Waals surface area contributed by atoms with Crippen LogP contribution < -0.4 is 16.4 Å². The van der Waals surface area contributed by atoms with Crippen LogP contribution in [0.4, 0.5) is 0 Å². The number of aliphatic carboxylic acids is 2. The van der Waals surface area contributed by atoms with E-state index < -0.39 is 42.4 Å². The van der Waals surface area contributed by atoms with Crippen molar-refractivity contribution in [3.63, 3.8) is 0 Å². The molecular weight excluding hydrogens is 446 g/mol. The van der Waals surface area contributed by atoms with Gasteiger partial charge in [-0.1, -0.05) is 64.0 Å². The first kappa shape index (κ1) is 30.9. The molecule has 0 aromatic rings. The summed E-state index contributed by atoms with van der Waals surface area (Å²) in [6, 6.07) is -2.07. The van der Waals surface area contributed by atoms with E-state index in [2.05, 4.69) is 23.6 Å². The molecule has 190 valence electrons. The van der Waals surface area contributed by atoms with Gasteiger partial charge in [-0.2, -0.15) is 11.8 Å². The van der Waals surface area contributed by atoms with Crippen molar-refractivity contribution in [2.24, 2.45) is 5.73 Å². The maximum absolute atomic E-state index is 12.2. The summed E-state index contributed by atoms with van der Waals surface area (Å²) in [5.41, 5.74) is 5.39. The van der Waals surface area contributed by atoms with Crippen LogP contribution in [0.2, 0.25) is 0 Å². The highest BCUT2D eigenvalue weighted by molar-refractivity contribution is 7.99. The number of nitrogens with two attached hydrogens (primary N) is 1. The monoisotopic (exact) mass is 487 g/mol. The molecule has 0 aliphatic heterocycles. The third-order valence-electron chi connectivity index (χ3n) is 4.95. The lowest BCUT2D eigenvalue weighted by Gasteiger charge is -2.18. The maximum atomic E-state index is 12.2. The average molecular weight is 488 g/mol. The number of thioether (sulfide) groups is 1. The second-order valence-electron chi connectivity index (χ2n) is 7.99. The summed E-state index contributed by atoms with van der Waals surface area (Å²) < 4.78 is 0. The largest absolute Gasteiger partial charge is 0.480 e. The Kier molecular flexibility index (Phi) is 19.2. The number of unbranched alkanes of at least 4 members (excludes halogenated alkanes) is 8. The molecule has 6 N–H and O–H groups in total. The molecule has 0 saturated carbocycles. The number of carbonyl (C=O) groups excluding carboxylic acids is 2. The highest BCUT2D eigenvalue weighted by Gasteiger charge is 2.22. The molecule has 0 radical (unpaired) electrons. The summed E-state index contributed by atoms with van der Waals surface area (Å²) in [6.45, 7) is 1.68. The molecule has 0 aliphatic rings. The first-order chi connectivity index (χ1) is 15.8. The SMILES string of the molecule is CCCCCCCCCC/C=C/CSC[C@H](NC(=O)CCC(N)C(=O)O)C(=O)NCC(=O)O. The van der Waals surface area contributed by atoms with Crippen LogP contribution in [0.5, 0.6) is 0 Å². The van der Waals surface area contributed by atoms with Gasteiger partial charge >= 0.3 is 11.9 Å². The van der Waals surface area contributed by atoms with Crippen LogP contribution in [0.3, 0.4) is 0 Å². The van der Waals surface area contributed by atoms with Crippen LogP contribution in [0, 0.1) is 0 Å². The fourth-order valence-corrected chi connectivity index (χ4v) is 3.86. The third-order valence-corrected chi connectivity index (χ3v) is 5.95. The highest BCUT2D eigenvalue weighted by atomic mass is 32.2. The minimum Gasteiger partial charge on any atom is -0.480 e. The van der Waals surface area contributed by atoms with E-state index >= 15 is 0 Å². The molecule has 0 rings (SSSR count). The van der Waals surface area contributed by atoms with Crippen LogP contribution >= 0.6 is 11.8 Å². The highest BCUT2D eigenvalue weighted by Crippen LogP contribution is 2.10. The Morgan fingerprint density at radius 1 is 0.970 bits per heavy atom. The number of carbonyl (C=O) groups is 4. The molecule has 0 heterocycles. The molecule has 0 aromatic heterocycles. The predicted molar refractivity (Wildman–Crippen MR) is 131 cm³/mol. The molecule has 0 bridgehead atoms. The second kappa shape index (κ2) is 20.5. The van der Waals surface area contributed by atoms with E-state index in [0.717, 1.165) is 12.8 Å². The maximum Gasteiger partial charge on any atom is 0.322 e. The summed E-state index contributed by atoms with van der Waals surface area (Å²) in [6.07, 6.45) is 15.2. The first-order valence-corrected chi connectivity index (χ1v) is 12.9. The molecule has 0 aromatic carbocycles. The van der Waals surface area contributed by atoms with Crippen LogP contribution in [-0.2, 0) is 19.2 Å². The zero-order chi connectivity index (χ0) is 24.9. The minimum atomic E-state index is -1.20. The van der Waals surface area contributed by atoms with E-state index in [4.69, 9.17) is 15.9 Å². The lowest BCUT2D eigenvalue weighted by Crippen LogP contribution is -2.49. The topological polar surface area (TPSA) is 159 Å². The van der Waals surface area contributed by atoms with Gasteiger partial charge in [-0.05, 0) is 19.3 Å². The second-order valence-corrected chi connectivity index (χ2v) is 9.06. The van der Waals surface area contributed by atoms with E-state index in [-0.39, 0.29) is 18.6 Å². The molecule has 2 amide bonds. The smallest absolute Gasteiger partial charge is 0.322 e. The van der Waals surface area contributed by atoms with Gasteiger partial charge in [-0.25, -0.2) is 0 Å². The predicted octanol–water partition coefficient (Wildman–Crippen LogP) is 2.68.